The van der Waals surface area contributed by atoms with Crippen molar-refractivity contribution in [1.29, 1.82) is 0 Å². The zero-order chi connectivity index (χ0) is 23.3. The Morgan fingerprint density at radius 1 is 1.24 bits per heavy atom. The Labute approximate surface area is 198 Å². The molecule has 2 atom stereocenters. The molecule has 0 spiro atoms. The van der Waals surface area contributed by atoms with E-state index >= 15 is 0 Å². The van der Waals surface area contributed by atoms with E-state index in [1.807, 2.05) is 37.2 Å². The number of piperazine rings is 1. The largest absolute Gasteiger partial charge is 0.444 e. The van der Waals surface area contributed by atoms with Crippen molar-refractivity contribution in [2.75, 3.05) is 32.1 Å². The van der Waals surface area contributed by atoms with E-state index in [0.717, 1.165) is 41.1 Å². The minimum atomic E-state index is -0.496. The molecule has 4 heterocycles. The molecular weight excluding hydrogens is 438 g/mol. The predicted molar refractivity (Wildman–Crippen MR) is 130 cm³/mol. The molecule has 1 aromatic carbocycles. The van der Waals surface area contributed by atoms with Gasteiger partial charge in [-0.3, -0.25) is 4.90 Å². The molecule has 0 radical (unpaired) electrons. The molecular formula is C24H31N5O3S. The fourth-order valence-corrected chi connectivity index (χ4v) is 5.51. The lowest BCUT2D eigenvalue weighted by molar-refractivity contribution is 0.0120. The van der Waals surface area contributed by atoms with E-state index < -0.39 is 5.60 Å². The number of oxazole rings is 1. The zero-order valence-corrected chi connectivity index (χ0v) is 20.7. The molecule has 8 nitrogen and oxygen atoms in total. The highest BCUT2D eigenvalue weighted by Crippen LogP contribution is 2.37. The number of hydrogen-bond acceptors (Lipinski definition) is 8. The maximum atomic E-state index is 12.8. The molecule has 2 fully saturated rings. The molecule has 9 heteroatoms. The number of carbonyl (C=O) groups is 1. The average Bonchev–Trinajstić information content (AvgIpc) is 3.43. The molecule has 0 aliphatic carbocycles. The van der Waals surface area contributed by atoms with Crippen LogP contribution < -0.4 is 4.90 Å². The van der Waals surface area contributed by atoms with Crippen LogP contribution in [-0.2, 0) is 11.3 Å². The number of carbonyl (C=O) groups excluding carboxylic acids is 1. The summed E-state index contributed by atoms with van der Waals surface area (Å²) in [6.07, 6.45) is 3.54. The SMILES string of the molecule is CN(C)Cc1cc(-c2nccs2)c2oc(N3CC4CCC(C3)N4C(=O)OC(C)(C)C)nc2c1. The predicted octanol–water partition coefficient (Wildman–Crippen LogP) is 4.60. The zero-order valence-electron chi connectivity index (χ0n) is 19.9. The third-order valence-corrected chi connectivity index (χ3v) is 6.86. The second-order valence-corrected chi connectivity index (χ2v) is 11.1. The average molecular weight is 470 g/mol. The van der Waals surface area contributed by atoms with Gasteiger partial charge in [0.25, 0.3) is 6.01 Å². The fraction of sp³-hybridized carbons (Fsp3) is 0.542. The van der Waals surface area contributed by atoms with Gasteiger partial charge in [-0.05, 0) is 65.4 Å². The first-order chi connectivity index (χ1) is 15.7. The number of benzene rings is 1. The summed E-state index contributed by atoms with van der Waals surface area (Å²) < 4.78 is 12.0. The smallest absolute Gasteiger partial charge is 0.410 e. The van der Waals surface area contributed by atoms with Gasteiger partial charge in [0.15, 0.2) is 5.58 Å². The summed E-state index contributed by atoms with van der Waals surface area (Å²) >= 11 is 1.60. The Bertz CT molecular complexity index is 1140. The summed E-state index contributed by atoms with van der Waals surface area (Å²) in [5.74, 6) is 0. The first-order valence-electron chi connectivity index (χ1n) is 11.4. The lowest BCUT2D eigenvalue weighted by Crippen LogP contribution is -2.56. The van der Waals surface area contributed by atoms with Gasteiger partial charge in [-0.25, -0.2) is 9.78 Å². The van der Waals surface area contributed by atoms with Crippen molar-refractivity contribution in [2.24, 2.45) is 0 Å². The van der Waals surface area contributed by atoms with Gasteiger partial charge in [0.1, 0.15) is 16.1 Å². The standard InChI is InChI=1S/C24H31N5O3S/c1-24(2,3)32-23(30)29-16-6-7-17(29)14-28(13-16)22-26-19-11-15(12-27(4)5)10-18(20(19)31-22)21-25-8-9-33-21/h8-11,16-17H,6-7,12-14H2,1-5H3. The van der Waals surface area contributed by atoms with E-state index in [1.165, 1.54) is 5.56 Å². The maximum absolute atomic E-state index is 12.8. The third kappa shape index (κ3) is 4.44. The number of fused-ring (bicyclic) bond motifs is 3. The van der Waals surface area contributed by atoms with Gasteiger partial charge < -0.3 is 19.0 Å². The first kappa shape index (κ1) is 22.2. The Morgan fingerprint density at radius 2 is 1.97 bits per heavy atom. The Hall–Kier alpha value is -2.65. The highest BCUT2D eigenvalue weighted by atomic mass is 32.1. The molecule has 2 aromatic heterocycles. The molecule has 176 valence electrons. The van der Waals surface area contributed by atoms with Gasteiger partial charge in [-0.15, -0.1) is 11.3 Å². The second kappa shape index (κ2) is 8.29. The summed E-state index contributed by atoms with van der Waals surface area (Å²) in [7, 11) is 4.11. The minimum absolute atomic E-state index is 0.108. The summed E-state index contributed by atoms with van der Waals surface area (Å²) in [6, 6.07) is 5.09. The van der Waals surface area contributed by atoms with Gasteiger partial charge >= 0.3 is 6.09 Å². The molecule has 2 bridgehead atoms. The van der Waals surface area contributed by atoms with Crippen LogP contribution in [0.1, 0.15) is 39.2 Å². The number of aromatic nitrogens is 2. The Balaban J connectivity index is 1.44. The van der Waals surface area contributed by atoms with E-state index in [9.17, 15) is 4.79 Å². The van der Waals surface area contributed by atoms with Crippen molar-refractivity contribution >= 4 is 34.5 Å². The van der Waals surface area contributed by atoms with Crippen LogP contribution in [0.15, 0.2) is 28.1 Å². The topological polar surface area (TPSA) is 74.9 Å². The Morgan fingerprint density at radius 3 is 2.58 bits per heavy atom. The molecule has 3 aromatic rings. The second-order valence-electron chi connectivity index (χ2n) is 10.2. The molecule has 2 aliphatic heterocycles. The van der Waals surface area contributed by atoms with Crippen LogP contribution in [0.3, 0.4) is 0 Å². The van der Waals surface area contributed by atoms with Crippen molar-refractivity contribution in [3.63, 3.8) is 0 Å². The van der Waals surface area contributed by atoms with Crippen LogP contribution in [0.5, 0.6) is 0 Å². The molecule has 0 N–H and O–H groups in total. The normalized spacial score (nSPS) is 20.8. The van der Waals surface area contributed by atoms with E-state index in [4.69, 9.17) is 14.1 Å². The lowest BCUT2D eigenvalue weighted by atomic mass is 10.1. The van der Waals surface area contributed by atoms with Crippen LogP contribution in [0.4, 0.5) is 10.8 Å². The summed E-state index contributed by atoms with van der Waals surface area (Å²) in [4.78, 5) is 28.4. The van der Waals surface area contributed by atoms with E-state index in [-0.39, 0.29) is 18.2 Å². The summed E-state index contributed by atoms with van der Waals surface area (Å²) in [6.45, 7) is 7.93. The molecule has 2 aliphatic rings. The van der Waals surface area contributed by atoms with E-state index in [1.54, 1.807) is 11.3 Å². The molecule has 1 amide bonds. The molecule has 2 saturated heterocycles. The molecule has 5 rings (SSSR count). The van der Waals surface area contributed by atoms with Gasteiger partial charge in [0.2, 0.25) is 0 Å². The van der Waals surface area contributed by atoms with Gasteiger partial charge in [0, 0.05) is 31.2 Å². The van der Waals surface area contributed by atoms with Crippen LogP contribution in [0, 0.1) is 0 Å². The molecule has 0 saturated carbocycles. The number of hydrogen-bond donors (Lipinski definition) is 0. The number of anilines is 1. The van der Waals surface area contributed by atoms with Gasteiger partial charge in [-0.1, -0.05) is 0 Å². The van der Waals surface area contributed by atoms with Crippen LogP contribution in [0.25, 0.3) is 21.7 Å². The van der Waals surface area contributed by atoms with Crippen molar-refractivity contribution < 1.29 is 13.9 Å². The van der Waals surface area contributed by atoms with Gasteiger partial charge in [0.05, 0.1) is 17.6 Å². The molecule has 2 unspecified atom stereocenters. The van der Waals surface area contributed by atoms with Crippen LogP contribution in [0.2, 0.25) is 0 Å². The van der Waals surface area contributed by atoms with Crippen molar-refractivity contribution in [2.45, 2.75) is 57.8 Å². The van der Waals surface area contributed by atoms with Crippen LogP contribution in [-0.4, -0.2) is 70.7 Å². The van der Waals surface area contributed by atoms with Gasteiger partial charge in [-0.2, -0.15) is 4.98 Å². The number of nitrogens with zero attached hydrogens (tertiary/aromatic N) is 5. The molecule has 33 heavy (non-hydrogen) atoms. The number of rotatable bonds is 4. The summed E-state index contributed by atoms with van der Waals surface area (Å²) in [5, 5.41) is 2.91. The fourth-order valence-electron chi connectivity index (χ4n) is 4.86. The maximum Gasteiger partial charge on any atom is 0.410 e. The highest BCUT2D eigenvalue weighted by Gasteiger charge is 2.45. The summed E-state index contributed by atoms with van der Waals surface area (Å²) in [5.41, 5.74) is 3.27. The highest BCUT2D eigenvalue weighted by molar-refractivity contribution is 7.13. The van der Waals surface area contributed by atoms with Crippen molar-refractivity contribution in [3.8, 4) is 10.6 Å². The minimum Gasteiger partial charge on any atom is -0.444 e. The van der Waals surface area contributed by atoms with Crippen LogP contribution >= 0.6 is 11.3 Å². The first-order valence-corrected chi connectivity index (χ1v) is 12.3. The van der Waals surface area contributed by atoms with E-state index in [0.29, 0.717) is 19.1 Å². The lowest BCUT2D eigenvalue weighted by Gasteiger charge is -2.40. The number of ether oxygens (including phenoxy) is 1. The number of amides is 1. The quantitative estimate of drug-likeness (QED) is 0.553. The van der Waals surface area contributed by atoms with Crippen molar-refractivity contribution in [1.82, 2.24) is 19.8 Å². The van der Waals surface area contributed by atoms with E-state index in [2.05, 4.69) is 41.0 Å². The monoisotopic (exact) mass is 469 g/mol. The Kier molecular flexibility index (Phi) is 5.56. The number of thiazole rings is 1. The van der Waals surface area contributed by atoms with Crippen molar-refractivity contribution in [3.05, 3.63) is 29.3 Å². The third-order valence-electron chi connectivity index (χ3n) is 6.06.